The van der Waals surface area contributed by atoms with Crippen LogP contribution in [0.2, 0.25) is 5.02 Å². The summed E-state index contributed by atoms with van der Waals surface area (Å²) in [5.74, 6) is -0.804. The lowest BCUT2D eigenvalue weighted by Crippen LogP contribution is -2.16. The molecule has 2 heterocycles. The highest BCUT2D eigenvalue weighted by atomic mass is 35.5. The number of sulfonamides is 1. The number of hydrogen-bond donors (Lipinski definition) is 2. The highest BCUT2D eigenvalue weighted by Gasteiger charge is 2.24. The van der Waals surface area contributed by atoms with Crippen LogP contribution in [0.4, 0.5) is 14.7 Å². The molecule has 0 amide bonds. The Morgan fingerprint density at radius 2 is 1.86 bits per heavy atom. The zero-order valence-electron chi connectivity index (χ0n) is 14.7. The zero-order valence-corrected chi connectivity index (χ0v) is 16.2. The van der Waals surface area contributed by atoms with Crippen LogP contribution in [0.1, 0.15) is 5.56 Å². The summed E-state index contributed by atoms with van der Waals surface area (Å²) in [5.41, 5.74) is 0.459. The second kappa shape index (κ2) is 7.76. The molecule has 0 saturated heterocycles. The molecular weight excluding hydrogens is 418 g/mol. The molecule has 0 unspecified atom stereocenters. The fourth-order valence-corrected chi connectivity index (χ4v) is 3.92. The molecule has 2 N–H and O–H groups in total. The summed E-state index contributed by atoms with van der Waals surface area (Å²) in [6, 6.07) is 4.69. The predicted molar refractivity (Wildman–Crippen MR) is 99.0 cm³/mol. The molecule has 0 radical (unpaired) electrons. The van der Waals surface area contributed by atoms with Crippen molar-refractivity contribution in [2.45, 2.75) is 17.7 Å². The van der Waals surface area contributed by atoms with Crippen LogP contribution in [-0.2, 0) is 16.4 Å². The van der Waals surface area contributed by atoms with E-state index in [1.165, 1.54) is 20.4 Å². The largest absolute Gasteiger partial charge is 0.481 e. The van der Waals surface area contributed by atoms with Gasteiger partial charge >= 0.3 is 0 Å². The molecule has 0 aliphatic heterocycles. The van der Waals surface area contributed by atoms with Gasteiger partial charge in [-0.15, -0.1) is 0 Å². The van der Waals surface area contributed by atoms with Gasteiger partial charge in [0.25, 0.3) is 10.0 Å². The Hall–Kier alpha value is -2.66. The minimum Gasteiger partial charge on any atom is -0.481 e. The number of aromatic nitrogens is 3. The molecule has 0 bridgehead atoms. The number of benzene rings is 1. The average Bonchev–Trinajstić information content (AvgIpc) is 3.05. The van der Waals surface area contributed by atoms with Gasteiger partial charge in [-0.2, -0.15) is 9.97 Å². The van der Waals surface area contributed by atoms with Crippen LogP contribution in [-0.4, -0.2) is 44.0 Å². The van der Waals surface area contributed by atoms with Crippen molar-refractivity contribution in [1.29, 1.82) is 0 Å². The van der Waals surface area contributed by atoms with Crippen LogP contribution < -0.4 is 14.2 Å². The summed E-state index contributed by atoms with van der Waals surface area (Å²) >= 11 is 5.90. The maximum atomic E-state index is 12.8. The van der Waals surface area contributed by atoms with Crippen LogP contribution in [0.3, 0.4) is 0 Å². The van der Waals surface area contributed by atoms with Crippen molar-refractivity contribution in [1.82, 2.24) is 15.0 Å². The van der Waals surface area contributed by atoms with E-state index in [2.05, 4.69) is 19.7 Å². The number of halogens is 3. The van der Waals surface area contributed by atoms with E-state index < -0.39 is 22.9 Å². The van der Waals surface area contributed by atoms with Gasteiger partial charge in [0, 0.05) is 28.5 Å². The molecule has 0 spiro atoms. The molecule has 0 saturated carbocycles. The maximum absolute atomic E-state index is 12.8. The first-order valence-corrected chi connectivity index (χ1v) is 9.67. The molecule has 1 aromatic carbocycles. The van der Waals surface area contributed by atoms with Gasteiger partial charge < -0.3 is 14.5 Å². The first kappa shape index (κ1) is 20.1. The zero-order chi connectivity index (χ0) is 20.5. The second-order valence-electron chi connectivity index (χ2n) is 5.59. The lowest BCUT2D eigenvalue weighted by atomic mass is 10.2. The molecular formula is C16H15ClF2N4O4S. The number of aromatic amines is 1. The van der Waals surface area contributed by atoms with Crippen molar-refractivity contribution in [3.05, 3.63) is 35.0 Å². The number of alkyl halides is 2. The highest BCUT2D eigenvalue weighted by molar-refractivity contribution is 7.93. The number of methoxy groups -OCH3 is 2. The van der Waals surface area contributed by atoms with Crippen molar-refractivity contribution in [3.63, 3.8) is 0 Å². The van der Waals surface area contributed by atoms with E-state index in [-0.39, 0.29) is 28.2 Å². The quantitative estimate of drug-likeness (QED) is 0.593. The van der Waals surface area contributed by atoms with Gasteiger partial charge in [0.2, 0.25) is 24.1 Å². The number of fused-ring (bicyclic) bond motifs is 1. The van der Waals surface area contributed by atoms with E-state index in [0.29, 0.717) is 15.9 Å². The van der Waals surface area contributed by atoms with Gasteiger partial charge in [0.15, 0.2) is 0 Å². The van der Waals surface area contributed by atoms with E-state index in [9.17, 15) is 17.2 Å². The monoisotopic (exact) mass is 432 g/mol. The van der Waals surface area contributed by atoms with Gasteiger partial charge in [-0.05, 0) is 18.2 Å². The number of H-pyrrole nitrogens is 1. The molecule has 28 heavy (non-hydrogen) atoms. The van der Waals surface area contributed by atoms with Crippen LogP contribution in [0.5, 0.6) is 11.8 Å². The normalized spacial score (nSPS) is 11.8. The standard InChI is InChI=1S/C16H15ClF2N4O4S/c1-26-14-10(6-13(18)19)15(27-2)22-16(21-14)23-28(24,25)12-7-20-11-5-8(17)3-4-9(11)12/h3-5,7,13,20H,6H2,1-2H3,(H,21,22,23). The SMILES string of the molecule is COc1nc(NS(=O)(=O)c2c[nH]c3cc(Cl)ccc23)nc(OC)c1CC(F)F. The Bertz CT molecular complexity index is 1100. The van der Waals surface area contributed by atoms with E-state index >= 15 is 0 Å². The second-order valence-corrected chi connectivity index (χ2v) is 7.68. The molecule has 0 fully saturated rings. The molecule has 3 aromatic rings. The summed E-state index contributed by atoms with van der Waals surface area (Å²) in [6.45, 7) is 0. The Morgan fingerprint density at radius 1 is 1.21 bits per heavy atom. The molecule has 2 aromatic heterocycles. The number of rotatable bonds is 7. The average molecular weight is 433 g/mol. The number of anilines is 1. The highest BCUT2D eigenvalue weighted by Crippen LogP contribution is 2.31. The lowest BCUT2D eigenvalue weighted by molar-refractivity contribution is 0.146. The number of hydrogen-bond acceptors (Lipinski definition) is 6. The molecule has 8 nitrogen and oxygen atoms in total. The van der Waals surface area contributed by atoms with E-state index in [1.807, 2.05) is 0 Å². The van der Waals surface area contributed by atoms with Gasteiger partial charge in [-0.25, -0.2) is 21.9 Å². The minimum absolute atomic E-state index is 0.0580. The van der Waals surface area contributed by atoms with E-state index in [0.717, 1.165) is 0 Å². The van der Waals surface area contributed by atoms with Crippen LogP contribution in [0.15, 0.2) is 29.3 Å². The Morgan fingerprint density at radius 3 is 2.43 bits per heavy atom. The maximum Gasteiger partial charge on any atom is 0.266 e. The predicted octanol–water partition coefficient (Wildman–Crippen LogP) is 3.24. The van der Waals surface area contributed by atoms with Crippen molar-refractivity contribution < 1.29 is 26.7 Å². The third-order valence-corrected chi connectivity index (χ3v) is 5.40. The summed E-state index contributed by atoms with van der Waals surface area (Å²) in [4.78, 5) is 10.5. The Balaban J connectivity index is 2.01. The summed E-state index contributed by atoms with van der Waals surface area (Å²) in [6.07, 6.45) is -2.10. The van der Waals surface area contributed by atoms with Crippen LogP contribution in [0.25, 0.3) is 10.9 Å². The third kappa shape index (κ3) is 3.94. The van der Waals surface area contributed by atoms with Crippen molar-refractivity contribution in [2.24, 2.45) is 0 Å². The molecule has 0 aliphatic rings. The van der Waals surface area contributed by atoms with Crippen molar-refractivity contribution in [2.75, 3.05) is 18.9 Å². The van der Waals surface area contributed by atoms with Gasteiger partial charge in [-0.1, -0.05) is 11.6 Å². The molecule has 0 aliphatic carbocycles. The van der Waals surface area contributed by atoms with Crippen molar-refractivity contribution in [3.8, 4) is 11.8 Å². The van der Waals surface area contributed by atoms with Gasteiger partial charge in [0.1, 0.15) is 4.90 Å². The van der Waals surface area contributed by atoms with E-state index in [1.54, 1.807) is 18.2 Å². The van der Waals surface area contributed by atoms with Crippen molar-refractivity contribution >= 4 is 38.5 Å². The van der Waals surface area contributed by atoms with Gasteiger partial charge in [0.05, 0.1) is 19.8 Å². The number of ether oxygens (including phenoxy) is 2. The topological polar surface area (TPSA) is 106 Å². The lowest BCUT2D eigenvalue weighted by Gasteiger charge is -2.13. The smallest absolute Gasteiger partial charge is 0.266 e. The Labute approximate surface area is 163 Å². The fourth-order valence-electron chi connectivity index (χ4n) is 2.63. The molecule has 0 atom stereocenters. The van der Waals surface area contributed by atoms with Crippen LogP contribution >= 0.6 is 11.6 Å². The number of nitrogens with one attached hydrogen (secondary N) is 2. The van der Waals surface area contributed by atoms with Crippen LogP contribution in [0, 0.1) is 0 Å². The van der Waals surface area contributed by atoms with Gasteiger partial charge in [-0.3, -0.25) is 0 Å². The number of nitrogens with zero attached hydrogens (tertiary/aromatic N) is 2. The van der Waals surface area contributed by atoms with E-state index in [4.69, 9.17) is 21.1 Å². The third-order valence-electron chi connectivity index (χ3n) is 3.80. The summed E-state index contributed by atoms with van der Waals surface area (Å²) < 4.78 is 63.4. The first-order valence-electron chi connectivity index (χ1n) is 7.81. The minimum atomic E-state index is -4.10. The molecule has 3 rings (SSSR count). The molecule has 150 valence electrons. The summed E-state index contributed by atoms with van der Waals surface area (Å²) in [7, 11) is -1.66. The molecule has 12 heteroatoms. The first-order chi connectivity index (χ1) is 13.2. The fraction of sp³-hybridized carbons (Fsp3) is 0.250. The summed E-state index contributed by atoms with van der Waals surface area (Å²) in [5, 5.41) is 0.851. The Kier molecular flexibility index (Phi) is 5.57.